The van der Waals surface area contributed by atoms with Crippen LogP contribution in [0, 0.1) is 5.41 Å². The molecule has 0 spiro atoms. The Morgan fingerprint density at radius 3 is 2.50 bits per heavy atom. The van der Waals surface area contributed by atoms with Crippen LogP contribution in [-0.2, 0) is 0 Å². The quantitative estimate of drug-likeness (QED) is 0.886. The zero-order chi connectivity index (χ0) is 13.2. The van der Waals surface area contributed by atoms with Crippen LogP contribution in [0.15, 0.2) is 24.3 Å². The summed E-state index contributed by atoms with van der Waals surface area (Å²) in [6, 6.07) is 8.66. The van der Waals surface area contributed by atoms with E-state index in [9.17, 15) is 0 Å². The summed E-state index contributed by atoms with van der Waals surface area (Å²) in [7, 11) is 2.17. The minimum absolute atomic E-state index is 0.234. The van der Waals surface area contributed by atoms with Gasteiger partial charge in [-0.3, -0.25) is 0 Å². The summed E-state index contributed by atoms with van der Waals surface area (Å²) >= 11 is 0. The highest BCUT2D eigenvalue weighted by molar-refractivity contribution is 5.73. The van der Waals surface area contributed by atoms with E-state index < -0.39 is 0 Å². The molecule has 0 saturated carbocycles. The van der Waals surface area contributed by atoms with Crippen molar-refractivity contribution in [2.75, 3.05) is 43.0 Å². The molecule has 0 radical (unpaired) electrons. The molecule has 0 aromatic heterocycles. The highest BCUT2D eigenvalue weighted by Crippen LogP contribution is 2.32. The maximum absolute atomic E-state index is 5.81. The van der Waals surface area contributed by atoms with Crippen molar-refractivity contribution in [3.63, 3.8) is 0 Å². The van der Waals surface area contributed by atoms with E-state index in [2.05, 4.69) is 55.0 Å². The molecule has 0 atom stereocenters. The maximum Gasteiger partial charge on any atom is 0.0604 e. The van der Waals surface area contributed by atoms with E-state index in [0.29, 0.717) is 0 Å². The van der Waals surface area contributed by atoms with Crippen LogP contribution in [-0.4, -0.2) is 33.2 Å². The second kappa shape index (κ2) is 5.19. The zero-order valence-corrected chi connectivity index (χ0v) is 11.8. The first-order chi connectivity index (χ1) is 8.53. The summed E-state index contributed by atoms with van der Waals surface area (Å²) < 4.78 is 0. The minimum atomic E-state index is 0.234. The first kappa shape index (κ1) is 13.2. The lowest BCUT2D eigenvalue weighted by molar-refractivity contribution is 0.349. The van der Waals surface area contributed by atoms with E-state index in [1.807, 2.05) is 0 Å². The standard InChI is InChI=1S/C15H25N3/c1-15(2,12-16)8-9-18-11-10-17(3)13-6-4-5-7-14(13)18/h4-7H,8-12,16H2,1-3H3. The number of para-hydroxylation sites is 2. The molecule has 2 rings (SSSR count). The predicted octanol–water partition coefficient (Wildman–Crippen LogP) is 2.32. The molecule has 0 fully saturated rings. The topological polar surface area (TPSA) is 32.5 Å². The molecule has 3 heteroatoms. The van der Waals surface area contributed by atoms with Crippen molar-refractivity contribution in [2.45, 2.75) is 20.3 Å². The number of hydrogen-bond donors (Lipinski definition) is 1. The van der Waals surface area contributed by atoms with E-state index in [1.54, 1.807) is 0 Å². The lowest BCUT2D eigenvalue weighted by Crippen LogP contribution is -2.41. The van der Waals surface area contributed by atoms with Gasteiger partial charge in [-0.25, -0.2) is 0 Å². The third-order valence-electron chi connectivity index (χ3n) is 3.95. The molecule has 100 valence electrons. The summed E-state index contributed by atoms with van der Waals surface area (Å²) in [6.45, 7) is 8.54. The predicted molar refractivity (Wildman–Crippen MR) is 79.4 cm³/mol. The molecular weight excluding hydrogens is 222 g/mol. The van der Waals surface area contributed by atoms with Gasteiger partial charge in [0.25, 0.3) is 0 Å². The molecule has 1 aliphatic rings. The Morgan fingerprint density at radius 1 is 1.17 bits per heavy atom. The fourth-order valence-corrected chi connectivity index (χ4v) is 2.34. The van der Waals surface area contributed by atoms with Crippen LogP contribution in [0.3, 0.4) is 0 Å². The van der Waals surface area contributed by atoms with Gasteiger partial charge >= 0.3 is 0 Å². The maximum atomic E-state index is 5.81. The van der Waals surface area contributed by atoms with Crippen LogP contribution >= 0.6 is 0 Å². The molecule has 0 amide bonds. The number of nitrogens with zero attached hydrogens (tertiary/aromatic N) is 2. The van der Waals surface area contributed by atoms with Crippen molar-refractivity contribution >= 4 is 11.4 Å². The monoisotopic (exact) mass is 247 g/mol. The molecule has 3 nitrogen and oxygen atoms in total. The van der Waals surface area contributed by atoms with Gasteiger partial charge in [-0.05, 0) is 30.5 Å². The van der Waals surface area contributed by atoms with Crippen molar-refractivity contribution in [2.24, 2.45) is 11.1 Å². The smallest absolute Gasteiger partial charge is 0.0604 e. The molecule has 1 aromatic rings. The van der Waals surface area contributed by atoms with Gasteiger partial charge in [0.05, 0.1) is 11.4 Å². The van der Waals surface area contributed by atoms with Gasteiger partial charge in [0.2, 0.25) is 0 Å². The molecule has 0 bridgehead atoms. The number of nitrogens with two attached hydrogens (primary N) is 1. The van der Waals surface area contributed by atoms with Crippen molar-refractivity contribution in [3.8, 4) is 0 Å². The van der Waals surface area contributed by atoms with E-state index in [4.69, 9.17) is 5.73 Å². The third-order valence-corrected chi connectivity index (χ3v) is 3.95. The van der Waals surface area contributed by atoms with Crippen LogP contribution in [0.2, 0.25) is 0 Å². The lowest BCUT2D eigenvalue weighted by atomic mass is 9.89. The van der Waals surface area contributed by atoms with Crippen molar-refractivity contribution < 1.29 is 0 Å². The Morgan fingerprint density at radius 2 is 1.83 bits per heavy atom. The minimum Gasteiger partial charge on any atom is -0.371 e. The van der Waals surface area contributed by atoms with Gasteiger partial charge in [-0.15, -0.1) is 0 Å². The first-order valence-corrected chi connectivity index (χ1v) is 6.79. The van der Waals surface area contributed by atoms with Crippen LogP contribution in [0.5, 0.6) is 0 Å². The number of anilines is 2. The second-order valence-corrected chi connectivity index (χ2v) is 6.02. The highest BCUT2D eigenvalue weighted by atomic mass is 15.2. The molecule has 1 heterocycles. The summed E-state index contributed by atoms with van der Waals surface area (Å²) in [5, 5.41) is 0. The summed E-state index contributed by atoms with van der Waals surface area (Å²) in [6.07, 6.45) is 1.14. The molecule has 1 aromatic carbocycles. The van der Waals surface area contributed by atoms with Gasteiger partial charge < -0.3 is 15.5 Å². The fraction of sp³-hybridized carbons (Fsp3) is 0.600. The number of hydrogen-bond acceptors (Lipinski definition) is 3. The average molecular weight is 247 g/mol. The largest absolute Gasteiger partial charge is 0.371 e. The molecular formula is C15H25N3. The number of likely N-dealkylation sites (N-methyl/N-ethyl adjacent to an activating group) is 1. The average Bonchev–Trinajstić information content (AvgIpc) is 2.38. The molecule has 18 heavy (non-hydrogen) atoms. The van der Waals surface area contributed by atoms with Crippen molar-refractivity contribution in [1.82, 2.24) is 0 Å². The van der Waals surface area contributed by atoms with Crippen molar-refractivity contribution in [1.29, 1.82) is 0 Å². The Kier molecular flexibility index (Phi) is 3.81. The lowest BCUT2D eigenvalue weighted by Gasteiger charge is -2.38. The molecule has 0 aliphatic carbocycles. The van der Waals surface area contributed by atoms with E-state index >= 15 is 0 Å². The first-order valence-electron chi connectivity index (χ1n) is 6.79. The van der Waals surface area contributed by atoms with Gasteiger partial charge in [-0.1, -0.05) is 26.0 Å². The van der Waals surface area contributed by atoms with E-state index in [1.165, 1.54) is 11.4 Å². The van der Waals surface area contributed by atoms with Gasteiger partial charge in [0, 0.05) is 26.7 Å². The Balaban J connectivity index is 2.10. The van der Waals surface area contributed by atoms with Gasteiger partial charge in [-0.2, -0.15) is 0 Å². The van der Waals surface area contributed by atoms with Gasteiger partial charge in [0.1, 0.15) is 0 Å². The summed E-state index contributed by atoms with van der Waals surface area (Å²) in [5.74, 6) is 0. The van der Waals surface area contributed by atoms with Crippen LogP contribution in [0.1, 0.15) is 20.3 Å². The molecule has 0 saturated heterocycles. The van der Waals surface area contributed by atoms with E-state index in [-0.39, 0.29) is 5.41 Å². The fourth-order valence-electron chi connectivity index (χ4n) is 2.34. The number of benzene rings is 1. The normalized spacial score (nSPS) is 15.8. The SMILES string of the molecule is CN1CCN(CCC(C)(C)CN)c2ccccc21. The zero-order valence-electron chi connectivity index (χ0n) is 11.8. The van der Waals surface area contributed by atoms with Gasteiger partial charge in [0.15, 0.2) is 0 Å². The van der Waals surface area contributed by atoms with Crippen LogP contribution in [0.4, 0.5) is 11.4 Å². The molecule has 1 aliphatic heterocycles. The Labute approximate surface area is 111 Å². The van der Waals surface area contributed by atoms with Crippen LogP contribution < -0.4 is 15.5 Å². The Bertz CT molecular complexity index is 400. The van der Waals surface area contributed by atoms with E-state index in [0.717, 1.165) is 32.6 Å². The highest BCUT2D eigenvalue weighted by Gasteiger charge is 2.22. The molecule has 2 N–H and O–H groups in total. The number of fused-ring (bicyclic) bond motifs is 1. The third kappa shape index (κ3) is 2.78. The summed E-state index contributed by atoms with van der Waals surface area (Å²) in [4.78, 5) is 4.83. The van der Waals surface area contributed by atoms with Crippen LogP contribution in [0.25, 0.3) is 0 Å². The Hall–Kier alpha value is -1.22. The van der Waals surface area contributed by atoms with Crippen molar-refractivity contribution in [3.05, 3.63) is 24.3 Å². The summed E-state index contributed by atoms with van der Waals surface area (Å²) in [5.41, 5.74) is 8.75. The number of rotatable bonds is 4. The second-order valence-electron chi connectivity index (χ2n) is 6.02. The molecule has 0 unspecified atom stereocenters.